The Balaban J connectivity index is 1.73. The molecular formula is C17H20FN5OS. The van der Waals surface area contributed by atoms with E-state index in [4.69, 9.17) is 5.73 Å². The van der Waals surface area contributed by atoms with Gasteiger partial charge in [-0.05, 0) is 31.5 Å². The van der Waals surface area contributed by atoms with E-state index >= 15 is 0 Å². The molecule has 2 aromatic rings. The summed E-state index contributed by atoms with van der Waals surface area (Å²) in [5.41, 5.74) is 6.11. The van der Waals surface area contributed by atoms with E-state index in [1.165, 1.54) is 17.8 Å². The maximum absolute atomic E-state index is 14.4. The van der Waals surface area contributed by atoms with E-state index in [0.717, 1.165) is 5.75 Å². The molecule has 1 amide bonds. The van der Waals surface area contributed by atoms with Crippen LogP contribution in [-0.4, -0.2) is 26.4 Å². The SMILES string of the molecule is CC1(c2cc(NC(=O)CCn3ccnc3)ccc2F)CCSC(N)=N1. The summed E-state index contributed by atoms with van der Waals surface area (Å²) >= 11 is 1.47. The van der Waals surface area contributed by atoms with Gasteiger partial charge in [-0.2, -0.15) is 0 Å². The smallest absolute Gasteiger partial charge is 0.226 e. The Morgan fingerprint density at radius 2 is 2.36 bits per heavy atom. The number of nitrogens with two attached hydrogens (primary N) is 1. The fourth-order valence-corrected chi connectivity index (χ4v) is 3.74. The van der Waals surface area contributed by atoms with Gasteiger partial charge in [0.05, 0.1) is 11.9 Å². The first kappa shape index (κ1) is 17.5. The van der Waals surface area contributed by atoms with Crippen LogP contribution in [0, 0.1) is 5.82 Å². The monoisotopic (exact) mass is 361 g/mol. The number of aliphatic imine (C=N–C) groups is 1. The third-order valence-corrected chi connectivity index (χ3v) is 4.98. The first-order valence-electron chi connectivity index (χ1n) is 8.00. The van der Waals surface area contributed by atoms with Gasteiger partial charge in [-0.3, -0.25) is 9.79 Å². The maximum atomic E-state index is 14.4. The van der Waals surface area contributed by atoms with Crippen molar-refractivity contribution < 1.29 is 9.18 Å². The number of benzene rings is 1. The van der Waals surface area contributed by atoms with Gasteiger partial charge in [0, 0.05) is 42.4 Å². The number of aryl methyl sites for hydroxylation is 1. The van der Waals surface area contributed by atoms with Crippen molar-refractivity contribution in [3.8, 4) is 0 Å². The molecule has 1 atom stereocenters. The number of carbonyl (C=O) groups is 1. The van der Waals surface area contributed by atoms with E-state index in [1.807, 2.05) is 11.5 Å². The van der Waals surface area contributed by atoms with Crippen molar-refractivity contribution in [2.75, 3.05) is 11.1 Å². The molecule has 6 nitrogen and oxygen atoms in total. The van der Waals surface area contributed by atoms with Crippen molar-refractivity contribution in [1.82, 2.24) is 9.55 Å². The van der Waals surface area contributed by atoms with E-state index < -0.39 is 5.54 Å². The lowest BCUT2D eigenvalue weighted by Gasteiger charge is -2.30. The van der Waals surface area contributed by atoms with Crippen LogP contribution in [0.4, 0.5) is 10.1 Å². The summed E-state index contributed by atoms with van der Waals surface area (Å²) < 4.78 is 16.2. The normalized spacial score (nSPS) is 20.2. The second kappa shape index (κ2) is 7.26. The van der Waals surface area contributed by atoms with Gasteiger partial charge in [-0.1, -0.05) is 11.8 Å². The van der Waals surface area contributed by atoms with Gasteiger partial charge < -0.3 is 15.6 Å². The van der Waals surface area contributed by atoms with Crippen molar-refractivity contribution in [2.45, 2.75) is 31.8 Å². The highest BCUT2D eigenvalue weighted by Gasteiger charge is 2.32. The molecule has 2 heterocycles. The Kier molecular flexibility index (Phi) is 5.08. The van der Waals surface area contributed by atoms with Crippen LogP contribution >= 0.6 is 11.8 Å². The predicted octanol–water partition coefficient (Wildman–Crippen LogP) is 2.72. The molecule has 3 rings (SSSR count). The van der Waals surface area contributed by atoms with Crippen LogP contribution in [0.3, 0.4) is 0 Å². The van der Waals surface area contributed by atoms with E-state index in [2.05, 4.69) is 15.3 Å². The van der Waals surface area contributed by atoms with E-state index in [9.17, 15) is 9.18 Å². The molecule has 0 bridgehead atoms. The minimum atomic E-state index is -0.711. The third-order valence-electron chi connectivity index (χ3n) is 4.18. The molecule has 0 aliphatic carbocycles. The zero-order valence-electron chi connectivity index (χ0n) is 13.9. The first-order chi connectivity index (χ1) is 12.0. The van der Waals surface area contributed by atoms with Crippen molar-refractivity contribution in [3.63, 3.8) is 0 Å². The quantitative estimate of drug-likeness (QED) is 0.857. The minimum Gasteiger partial charge on any atom is -0.379 e. The van der Waals surface area contributed by atoms with Gasteiger partial charge in [0.15, 0.2) is 5.17 Å². The lowest BCUT2D eigenvalue weighted by Crippen LogP contribution is -2.29. The summed E-state index contributed by atoms with van der Waals surface area (Å²) in [7, 11) is 0. The fourth-order valence-electron chi connectivity index (χ4n) is 2.77. The van der Waals surface area contributed by atoms with E-state index in [-0.39, 0.29) is 11.7 Å². The zero-order chi connectivity index (χ0) is 17.9. The van der Waals surface area contributed by atoms with Crippen LogP contribution in [-0.2, 0) is 16.9 Å². The Labute approximate surface area is 149 Å². The molecule has 0 saturated heterocycles. The van der Waals surface area contributed by atoms with Crippen molar-refractivity contribution in [3.05, 3.63) is 48.3 Å². The number of hydrogen-bond donors (Lipinski definition) is 2. The predicted molar refractivity (Wildman–Crippen MR) is 97.9 cm³/mol. The molecule has 0 spiro atoms. The van der Waals surface area contributed by atoms with Gasteiger partial charge in [0.2, 0.25) is 5.91 Å². The summed E-state index contributed by atoms with van der Waals surface area (Å²) in [6.45, 7) is 2.40. The Morgan fingerprint density at radius 1 is 1.52 bits per heavy atom. The molecule has 132 valence electrons. The Morgan fingerprint density at radius 3 is 3.08 bits per heavy atom. The van der Waals surface area contributed by atoms with Gasteiger partial charge in [0.25, 0.3) is 0 Å². The summed E-state index contributed by atoms with van der Waals surface area (Å²) in [6, 6.07) is 4.57. The molecule has 1 unspecified atom stereocenters. The molecule has 1 aliphatic heterocycles. The van der Waals surface area contributed by atoms with Gasteiger partial charge in [0.1, 0.15) is 5.82 Å². The van der Waals surface area contributed by atoms with Crippen molar-refractivity contribution in [2.24, 2.45) is 10.7 Å². The van der Waals surface area contributed by atoms with Crippen molar-refractivity contribution >= 4 is 28.5 Å². The number of amidine groups is 1. The average Bonchev–Trinajstić information content (AvgIpc) is 3.08. The number of amides is 1. The highest BCUT2D eigenvalue weighted by atomic mass is 32.2. The second-order valence-electron chi connectivity index (χ2n) is 6.12. The largest absolute Gasteiger partial charge is 0.379 e. The number of nitrogens with one attached hydrogen (secondary N) is 1. The number of rotatable bonds is 5. The molecule has 1 aromatic heterocycles. The van der Waals surface area contributed by atoms with Crippen LogP contribution in [0.15, 0.2) is 41.9 Å². The number of thioether (sulfide) groups is 1. The van der Waals surface area contributed by atoms with Crippen LogP contribution < -0.4 is 11.1 Å². The number of carbonyl (C=O) groups excluding carboxylic acids is 1. The van der Waals surface area contributed by atoms with E-state index in [0.29, 0.717) is 35.8 Å². The van der Waals surface area contributed by atoms with Gasteiger partial charge in [-0.25, -0.2) is 9.37 Å². The summed E-state index contributed by atoms with van der Waals surface area (Å²) in [5, 5.41) is 3.28. The molecule has 8 heteroatoms. The lowest BCUT2D eigenvalue weighted by molar-refractivity contribution is -0.116. The van der Waals surface area contributed by atoms with Crippen molar-refractivity contribution in [1.29, 1.82) is 0 Å². The number of hydrogen-bond acceptors (Lipinski definition) is 5. The van der Waals surface area contributed by atoms with Crippen LogP contribution in [0.1, 0.15) is 25.3 Å². The fraction of sp³-hybridized carbons (Fsp3) is 0.353. The molecule has 25 heavy (non-hydrogen) atoms. The maximum Gasteiger partial charge on any atom is 0.226 e. The zero-order valence-corrected chi connectivity index (χ0v) is 14.7. The Hall–Kier alpha value is -2.35. The Bertz CT molecular complexity index is 792. The standard InChI is InChI=1S/C17H20FN5OS/c1-17(5-9-25-16(19)22-17)13-10-12(2-3-14(13)18)21-15(24)4-7-23-8-6-20-11-23/h2-3,6,8,10-11H,4-5,7,9H2,1H3,(H2,19,22)(H,21,24). The number of halogens is 1. The van der Waals surface area contributed by atoms with E-state index in [1.54, 1.807) is 30.9 Å². The number of imidazole rings is 1. The second-order valence-corrected chi connectivity index (χ2v) is 7.23. The lowest BCUT2D eigenvalue weighted by atomic mass is 9.89. The summed E-state index contributed by atoms with van der Waals surface area (Å²) in [5.74, 6) is 0.299. The first-order valence-corrected chi connectivity index (χ1v) is 8.98. The van der Waals surface area contributed by atoms with Gasteiger partial charge >= 0.3 is 0 Å². The third kappa shape index (κ3) is 4.19. The van der Waals surface area contributed by atoms with Gasteiger partial charge in [-0.15, -0.1) is 0 Å². The highest BCUT2D eigenvalue weighted by Crippen LogP contribution is 2.37. The van der Waals surface area contributed by atoms with Crippen LogP contribution in [0.2, 0.25) is 0 Å². The van der Waals surface area contributed by atoms with Crippen LogP contribution in [0.25, 0.3) is 0 Å². The summed E-state index contributed by atoms with van der Waals surface area (Å²) in [6.07, 6.45) is 6.12. The average molecular weight is 361 g/mol. The molecule has 1 aliphatic rings. The number of nitrogens with zero attached hydrogens (tertiary/aromatic N) is 3. The molecule has 0 fully saturated rings. The molecule has 0 saturated carbocycles. The number of aromatic nitrogens is 2. The van der Waals surface area contributed by atoms with Crippen LogP contribution in [0.5, 0.6) is 0 Å². The topological polar surface area (TPSA) is 85.3 Å². The molecule has 1 aromatic carbocycles. The number of anilines is 1. The highest BCUT2D eigenvalue weighted by molar-refractivity contribution is 8.13. The molecular weight excluding hydrogens is 341 g/mol. The minimum absolute atomic E-state index is 0.140. The summed E-state index contributed by atoms with van der Waals surface area (Å²) in [4.78, 5) is 20.5. The molecule has 0 radical (unpaired) electrons. The molecule has 3 N–H and O–H groups in total.